The van der Waals surface area contributed by atoms with Crippen molar-refractivity contribution < 1.29 is 19.1 Å². The molecule has 0 N–H and O–H groups in total. The van der Waals surface area contributed by atoms with Crippen molar-refractivity contribution in [2.75, 3.05) is 11.5 Å². The maximum Gasteiger partial charge on any atom is 0.240 e. The third kappa shape index (κ3) is 2.80. The van der Waals surface area contributed by atoms with E-state index in [0.717, 1.165) is 5.39 Å². The van der Waals surface area contributed by atoms with Crippen LogP contribution in [-0.2, 0) is 14.3 Å². The zero-order chi connectivity index (χ0) is 23.5. The van der Waals surface area contributed by atoms with Gasteiger partial charge in [-0.2, -0.15) is 5.26 Å². The van der Waals surface area contributed by atoms with Crippen LogP contribution in [0.25, 0.3) is 10.8 Å². The number of anilines is 1. The third-order valence-corrected chi connectivity index (χ3v) is 7.60. The Morgan fingerprint density at radius 1 is 1.12 bits per heavy atom. The molecule has 3 fully saturated rings. The van der Waals surface area contributed by atoms with Crippen molar-refractivity contribution in [3.05, 3.63) is 60.6 Å². The molecule has 2 aromatic carbocycles. The second-order valence-electron chi connectivity index (χ2n) is 9.38. The lowest BCUT2D eigenvalue weighted by Gasteiger charge is -2.31. The van der Waals surface area contributed by atoms with Gasteiger partial charge in [-0.25, -0.2) is 14.9 Å². The maximum absolute atomic E-state index is 13.9. The van der Waals surface area contributed by atoms with Crippen LogP contribution in [-0.4, -0.2) is 39.6 Å². The Bertz CT molecular complexity index is 1370. The van der Waals surface area contributed by atoms with E-state index in [1.807, 2.05) is 31.2 Å². The number of amides is 2. The molecule has 34 heavy (non-hydrogen) atoms. The van der Waals surface area contributed by atoms with Crippen LogP contribution < -0.4 is 9.64 Å². The first kappa shape index (κ1) is 20.8. The number of benzene rings is 2. The standard InChI is InChI=1S/C26H22N4O4/c1-25-9-10-26(34-25,11-13-33-20-8-12-28-15-29-20)22-21(25)23(31)30(24(22)32)19-7-6-16(14-27)17-4-2-3-5-18(17)19/h2-8,12,15,21-22H,9-11,13H2,1H3. The van der Waals surface area contributed by atoms with Gasteiger partial charge in [0.2, 0.25) is 17.7 Å². The number of fused-ring (bicyclic) bond motifs is 6. The van der Waals surface area contributed by atoms with Crippen LogP contribution in [0.4, 0.5) is 5.69 Å². The second kappa shape index (κ2) is 7.34. The molecule has 4 atom stereocenters. The van der Waals surface area contributed by atoms with Crippen molar-refractivity contribution in [2.45, 2.75) is 37.4 Å². The molecule has 170 valence electrons. The first-order valence-electron chi connectivity index (χ1n) is 11.4. The fourth-order valence-electron chi connectivity index (χ4n) is 6.12. The molecule has 8 nitrogen and oxygen atoms in total. The molecular weight excluding hydrogens is 432 g/mol. The number of ether oxygens (including phenoxy) is 2. The highest BCUT2D eigenvalue weighted by Gasteiger charge is 2.73. The summed E-state index contributed by atoms with van der Waals surface area (Å²) in [4.78, 5) is 36.9. The average Bonchev–Trinajstić information content (AvgIpc) is 3.43. The Hall–Kier alpha value is -3.83. The smallest absolute Gasteiger partial charge is 0.240 e. The SMILES string of the molecule is CC12CCC(CCOc3ccncn3)(O1)C1C(=O)N(c3ccc(C#N)c4ccccc34)C(=O)C12. The predicted molar refractivity (Wildman–Crippen MR) is 122 cm³/mol. The van der Waals surface area contributed by atoms with Gasteiger partial charge in [0.1, 0.15) is 6.33 Å². The van der Waals surface area contributed by atoms with E-state index >= 15 is 0 Å². The number of aromatic nitrogens is 2. The van der Waals surface area contributed by atoms with Crippen LogP contribution >= 0.6 is 0 Å². The summed E-state index contributed by atoms with van der Waals surface area (Å²) in [5.41, 5.74) is -0.415. The predicted octanol–water partition coefficient (Wildman–Crippen LogP) is 3.40. The van der Waals surface area contributed by atoms with Gasteiger partial charge in [0.25, 0.3) is 0 Å². The van der Waals surface area contributed by atoms with Gasteiger partial charge in [-0.15, -0.1) is 0 Å². The van der Waals surface area contributed by atoms with Gasteiger partial charge in [0.15, 0.2) is 0 Å². The quantitative estimate of drug-likeness (QED) is 0.544. The van der Waals surface area contributed by atoms with Gasteiger partial charge in [0, 0.05) is 29.5 Å². The lowest BCUT2D eigenvalue weighted by molar-refractivity contribution is -0.131. The largest absolute Gasteiger partial charge is 0.477 e. The van der Waals surface area contributed by atoms with Crippen LogP contribution in [0.1, 0.15) is 31.7 Å². The molecule has 2 amide bonds. The van der Waals surface area contributed by atoms with Crippen molar-refractivity contribution in [1.82, 2.24) is 9.97 Å². The fourth-order valence-corrected chi connectivity index (χ4v) is 6.12. The van der Waals surface area contributed by atoms with Crippen molar-refractivity contribution in [2.24, 2.45) is 11.8 Å². The Kier molecular flexibility index (Phi) is 4.48. The number of carbonyl (C=O) groups is 2. The zero-order valence-corrected chi connectivity index (χ0v) is 18.6. The fraction of sp³-hybridized carbons (Fsp3) is 0.346. The van der Waals surface area contributed by atoms with Gasteiger partial charge in [0.05, 0.1) is 47.0 Å². The van der Waals surface area contributed by atoms with Gasteiger partial charge in [-0.1, -0.05) is 24.3 Å². The summed E-state index contributed by atoms with van der Waals surface area (Å²) in [6.07, 6.45) is 4.91. The van der Waals surface area contributed by atoms with Crippen LogP contribution in [0.3, 0.4) is 0 Å². The first-order chi connectivity index (χ1) is 16.5. The zero-order valence-electron chi connectivity index (χ0n) is 18.6. The monoisotopic (exact) mass is 454 g/mol. The number of nitrogens with zero attached hydrogens (tertiary/aromatic N) is 4. The van der Waals surface area contributed by atoms with Gasteiger partial charge < -0.3 is 9.47 Å². The topological polar surface area (TPSA) is 105 Å². The molecule has 0 aliphatic carbocycles. The molecule has 0 saturated carbocycles. The number of hydrogen-bond acceptors (Lipinski definition) is 7. The van der Waals surface area contributed by atoms with E-state index in [9.17, 15) is 14.9 Å². The number of rotatable bonds is 5. The van der Waals surface area contributed by atoms with E-state index in [4.69, 9.17) is 9.47 Å². The normalized spacial score (nSPS) is 29.5. The molecular formula is C26H22N4O4. The summed E-state index contributed by atoms with van der Waals surface area (Å²) < 4.78 is 12.3. The summed E-state index contributed by atoms with van der Waals surface area (Å²) in [5, 5.41) is 10.9. The summed E-state index contributed by atoms with van der Waals surface area (Å²) in [6, 6.07) is 14.6. The first-order valence-corrected chi connectivity index (χ1v) is 11.4. The van der Waals surface area contributed by atoms with Crippen molar-refractivity contribution in [1.29, 1.82) is 5.26 Å². The van der Waals surface area contributed by atoms with E-state index in [1.165, 1.54) is 11.2 Å². The molecule has 1 aromatic heterocycles. The molecule has 3 aliphatic heterocycles. The minimum absolute atomic E-state index is 0.231. The lowest BCUT2D eigenvalue weighted by Crippen LogP contribution is -2.43. The van der Waals surface area contributed by atoms with E-state index in [1.54, 1.807) is 24.4 Å². The molecule has 4 heterocycles. The van der Waals surface area contributed by atoms with Gasteiger partial charge in [-0.3, -0.25) is 9.59 Å². The van der Waals surface area contributed by atoms with Crippen molar-refractivity contribution in [3.63, 3.8) is 0 Å². The Morgan fingerprint density at radius 2 is 1.91 bits per heavy atom. The van der Waals surface area contributed by atoms with Crippen LogP contribution in [0.5, 0.6) is 5.88 Å². The Balaban J connectivity index is 1.35. The van der Waals surface area contributed by atoms with Crippen LogP contribution in [0.2, 0.25) is 0 Å². The average molecular weight is 454 g/mol. The minimum atomic E-state index is -0.754. The molecule has 4 unspecified atom stereocenters. The summed E-state index contributed by atoms with van der Waals surface area (Å²) in [7, 11) is 0. The molecule has 0 radical (unpaired) electrons. The van der Waals surface area contributed by atoms with Crippen molar-refractivity contribution in [3.8, 4) is 11.9 Å². The number of carbonyl (C=O) groups excluding carboxylic acids is 2. The van der Waals surface area contributed by atoms with Crippen molar-refractivity contribution >= 4 is 28.3 Å². The van der Waals surface area contributed by atoms with E-state index in [2.05, 4.69) is 16.0 Å². The molecule has 3 aromatic rings. The molecule has 3 aliphatic rings. The summed E-state index contributed by atoms with van der Waals surface area (Å²) in [5.74, 6) is -1.12. The Labute approximate surface area is 196 Å². The van der Waals surface area contributed by atoms with Crippen LogP contribution in [0, 0.1) is 23.2 Å². The number of hydrogen-bond donors (Lipinski definition) is 0. The highest BCUT2D eigenvalue weighted by Crippen LogP contribution is 2.62. The van der Waals surface area contributed by atoms with E-state index < -0.39 is 23.0 Å². The molecule has 2 bridgehead atoms. The summed E-state index contributed by atoms with van der Waals surface area (Å²) >= 11 is 0. The summed E-state index contributed by atoms with van der Waals surface area (Å²) in [6.45, 7) is 2.26. The number of nitriles is 1. The molecule has 8 heteroatoms. The molecule has 3 saturated heterocycles. The highest BCUT2D eigenvalue weighted by molar-refractivity contribution is 6.26. The lowest BCUT2D eigenvalue weighted by atomic mass is 9.67. The molecule has 0 spiro atoms. The van der Waals surface area contributed by atoms with Gasteiger partial charge in [-0.05, 0) is 31.9 Å². The number of imide groups is 1. The highest BCUT2D eigenvalue weighted by atomic mass is 16.5. The molecule has 6 rings (SSSR count). The van der Waals surface area contributed by atoms with E-state index in [-0.39, 0.29) is 11.8 Å². The maximum atomic E-state index is 13.9. The second-order valence-corrected chi connectivity index (χ2v) is 9.38. The van der Waals surface area contributed by atoms with E-state index in [0.29, 0.717) is 48.4 Å². The Morgan fingerprint density at radius 3 is 2.68 bits per heavy atom. The third-order valence-electron chi connectivity index (χ3n) is 7.60. The minimum Gasteiger partial charge on any atom is -0.477 e. The van der Waals surface area contributed by atoms with Crippen LogP contribution in [0.15, 0.2) is 55.0 Å². The van der Waals surface area contributed by atoms with Gasteiger partial charge >= 0.3 is 0 Å².